The van der Waals surface area contributed by atoms with Crippen molar-refractivity contribution in [3.63, 3.8) is 0 Å². The Morgan fingerprint density at radius 3 is 1.88 bits per heavy atom. The molecule has 1 atom stereocenters. The van der Waals surface area contributed by atoms with E-state index in [2.05, 4.69) is 4.72 Å². The Kier molecular flexibility index (Phi) is 13.9. The molecule has 0 aromatic carbocycles. The summed E-state index contributed by atoms with van der Waals surface area (Å²) in [5.74, 6) is 0. The quantitative estimate of drug-likeness (QED) is 0.344. The molecule has 0 rings (SSSR count). The van der Waals surface area contributed by atoms with Crippen LogP contribution in [0.5, 0.6) is 0 Å². The average molecular weight is 271 g/mol. The van der Waals surface area contributed by atoms with Gasteiger partial charge < -0.3 is 18.9 Å². The maximum Gasteiger partial charge on any atom is 0.231 e. The summed E-state index contributed by atoms with van der Waals surface area (Å²) >= 11 is -1.97. The molecule has 0 aromatic rings. The molecule has 0 aliphatic heterocycles. The van der Waals surface area contributed by atoms with Crippen LogP contribution in [0.2, 0.25) is 0 Å². The second-order valence-corrected chi connectivity index (χ2v) is 3.76. The summed E-state index contributed by atoms with van der Waals surface area (Å²) in [4.78, 5) is 0. The summed E-state index contributed by atoms with van der Waals surface area (Å²) in [7, 11) is 1.62. The lowest BCUT2D eigenvalue weighted by molar-refractivity contribution is 0.00444. The van der Waals surface area contributed by atoms with Gasteiger partial charge in [-0.3, -0.25) is 4.55 Å². The van der Waals surface area contributed by atoms with E-state index in [1.54, 1.807) is 7.11 Å². The van der Waals surface area contributed by atoms with Gasteiger partial charge in [-0.1, -0.05) is 0 Å². The van der Waals surface area contributed by atoms with E-state index < -0.39 is 11.3 Å². The second kappa shape index (κ2) is 14.0. The van der Waals surface area contributed by atoms with Gasteiger partial charge in [0.1, 0.15) is 0 Å². The monoisotopic (exact) mass is 271 g/mol. The maximum absolute atomic E-state index is 10.2. The first-order chi connectivity index (χ1) is 8.27. The molecule has 2 N–H and O–H groups in total. The van der Waals surface area contributed by atoms with Crippen LogP contribution >= 0.6 is 0 Å². The van der Waals surface area contributed by atoms with Crippen LogP contribution in [0.1, 0.15) is 0 Å². The minimum Gasteiger partial charge on any atom is -0.382 e. The van der Waals surface area contributed by atoms with Gasteiger partial charge in [-0.15, -0.1) is 0 Å². The van der Waals surface area contributed by atoms with E-state index in [1.807, 2.05) is 0 Å². The summed E-state index contributed by atoms with van der Waals surface area (Å²) in [6.07, 6.45) is 0. The van der Waals surface area contributed by atoms with E-state index in [1.165, 1.54) is 0 Å². The van der Waals surface area contributed by atoms with Gasteiger partial charge in [0, 0.05) is 13.7 Å². The lowest BCUT2D eigenvalue weighted by atomic mass is 10.7. The van der Waals surface area contributed by atoms with Gasteiger partial charge in [0.2, 0.25) is 11.3 Å². The van der Waals surface area contributed by atoms with E-state index in [-0.39, 0.29) is 0 Å². The molecular weight excluding hydrogens is 250 g/mol. The predicted octanol–water partition coefficient (Wildman–Crippen LogP) is -0.591. The summed E-state index contributed by atoms with van der Waals surface area (Å²) in [6, 6.07) is 0. The summed E-state index contributed by atoms with van der Waals surface area (Å²) in [5.41, 5.74) is 0. The zero-order valence-corrected chi connectivity index (χ0v) is 10.9. The van der Waals surface area contributed by atoms with Crippen molar-refractivity contribution in [1.82, 2.24) is 4.72 Å². The molecule has 0 fully saturated rings. The molecule has 7 nitrogen and oxygen atoms in total. The van der Waals surface area contributed by atoms with Crippen LogP contribution in [-0.4, -0.2) is 68.7 Å². The predicted molar refractivity (Wildman–Crippen MR) is 63.1 cm³/mol. The zero-order chi connectivity index (χ0) is 12.8. The van der Waals surface area contributed by atoms with Crippen LogP contribution in [0.3, 0.4) is 0 Å². The van der Waals surface area contributed by atoms with Crippen molar-refractivity contribution in [3.8, 4) is 0 Å². The molecule has 8 heteroatoms. The Labute approximate surface area is 104 Å². The molecule has 1 unspecified atom stereocenters. The molecule has 17 heavy (non-hydrogen) atoms. The molecule has 0 aliphatic rings. The van der Waals surface area contributed by atoms with Gasteiger partial charge in [0.25, 0.3) is 0 Å². The number of hydrogen-bond donors (Lipinski definition) is 2. The van der Waals surface area contributed by atoms with Gasteiger partial charge in [-0.05, 0) is 0 Å². The van der Waals surface area contributed by atoms with Crippen LogP contribution in [0.25, 0.3) is 0 Å². The molecule has 0 aliphatic carbocycles. The third kappa shape index (κ3) is 15.9. The summed E-state index contributed by atoms with van der Waals surface area (Å²) < 4.78 is 41.2. The summed E-state index contributed by atoms with van der Waals surface area (Å²) in [6.45, 7) is 3.86. The normalized spacial score (nSPS) is 12.8. The van der Waals surface area contributed by atoms with Crippen LogP contribution in [0, 0.1) is 0 Å². The van der Waals surface area contributed by atoms with Crippen molar-refractivity contribution in [2.45, 2.75) is 0 Å². The van der Waals surface area contributed by atoms with Gasteiger partial charge in [0.05, 0.1) is 46.2 Å². The molecule has 0 saturated carbocycles. The highest BCUT2D eigenvalue weighted by atomic mass is 32.2. The number of methoxy groups -OCH3 is 1. The molecule has 0 radical (unpaired) electrons. The first kappa shape index (κ1) is 16.9. The van der Waals surface area contributed by atoms with Crippen molar-refractivity contribution in [2.24, 2.45) is 0 Å². The van der Waals surface area contributed by atoms with Crippen molar-refractivity contribution in [1.29, 1.82) is 0 Å². The standard InChI is InChI=1S/C9H21NO6S/c1-13-4-5-15-8-9-16-7-6-14-3-2-10-17(11)12/h10H,2-9H2,1H3,(H,11,12). The van der Waals surface area contributed by atoms with Crippen molar-refractivity contribution in [2.75, 3.05) is 59.9 Å². The summed E-state index contributed by atoms with van der Waals surface area (Å²) in [5, 5.41) is 0. The van der Waals surface area contributed by atoms with Gasteiger partial charge in [-0.2, -0.15) is 0 Å². The van der Waals surface area contributed by atoms with E-state index in [0.717, 1.165) is 0 Å². The van der Waals surface area contributed by atoms with E-state index in [9.17, 15) is 4.21 Å². The van der Waals surface area contributed by atoms with Crippen LogP contribution in [0.15, 0.2) is 0 Å². The van der Waals surface area contributed by atoms with Crippen LogP contribution in [0.4, 0.5) is 0 Å². The van der Waals surface area contributed by atoms with Crippen molar-refractivity contribution < 1.29 is 27.7 Å². The molecule has 0 amide bonds. The number of ether oxygens (including phenoxy) is 4. The number of hydrogen-bond acceptors (Lipinski definition) is 5. The third-order valence-electron chi connectivity index (χ3n) is 1.65. The maximum atomic E-state index is 10.2. The largest absolute Gasteiger partial charge is 0.382 e. The van der Waals surface area contributed by atoms with E-state index in [0.29, 0.717) is 52.8 Å². The SMILES string of the molecule is COCCOCCOCCOCCNS(=O)O. The molecule has 104 valence electrons. The van der Waals surface area contributed by atoms with Crippen LogP contribution < -0.4 is 4.72 Å². The highest BCUT2D eigenvalue weighted by Gasteiger charge is 1.93. The highest BCUT2D eigenvalue weighted by molar-refractivity contribution is 7.77. The smallest absolute Gasteiger partial charge is 0.231 e. The fourth-order valence-corrected chi connectivity index (χ4v) is 1.14. The third-order valence-corrected chi connectivity index (χ3v) is 2.10. The minimum absolute atomic E-state index is 0.337. The number of rotatable bonds is 13. The van der Waals surface area contributed by atoms with Crippen molar-refractivity contribution in [3.05, 3.63) is 0 Å². The fourth-order valence-electron chi connectivity index (χ4n) is 0.885. The Bertz CT molecular complexity index is 183. The first-order valence-electron chi connectivity index (χ1n) is 5.34. The van der Waals surface area contributed by atoms with Crippen LogP contribution in [-0.2, 0) is 30.2 Å². The highest BCUT2D eigenvalue weighted by Crippen LogP contribution is 1.81. The minimum atomic E-state index is -1.97. The Balaban J connectivity index is 2.91. The van der Waals surface area contributed by atoms with Crippen molar-refractivity contribution >= 4 is 11.3 Å². The molecule has 0 bridgehead atoms. The second-order valence-electron chi connectivity index (χ2n) is 2.97. The fraction of sp³-hybridized carbons (Fsp3) is 1.00. The van der Waals surface area contributed by atoms with Gasteiger partial charge >= 0.3 is 0 Å². The number of nitrogens with one attached hydrogen (secondary N) is 1. The van der Waals surface area contributed by atoms with E-state index in [4.69, 9.17) is 23.5 Å². The lowest BCUT2D eigenvalue weighted by Gasteiger charge is -2.06. The van der Waals surface area contributed by atoms with Gasteiger partial charge in [-0.25, -0.2) is 8.93 Å². The molecule has 0 saturated heterocycles. The molecule has 0 heterocycles. The average Bonchev–Trinajstić information content (AvgIpc) is 2.30. The molecular formula is C9H21NO6S. The first-order valence-corrected chi connectivity index (χ1v) is 6.44. The lowest BCUT2D eigenvalue weighted by Crippen LogP contribution is -2.22. The zero-order valence-electron chi connectivity index (χ0n) is 10.1. The Morgan fingerprint density at radius 1 is 0.941 bits per heavy atom. The van der Waals surface area contributed by atoms with Gasteiger partial charge in [0.15, 0.2) is 0 Å². The topological polar surface area (TPSA) is 86.3 Å². The molecule has 0 aromatic heterocycles. The Morgan fingerprint density at radius 2 is 1.41 bits per heavy atom. The Hall–Kier alpha value is -0.0900. The molecule has 0 spiro atoms. The van der Waals surface area contributed by atoms with E-state index >= 15 is 0 Å².